The molecule has 0 aliphatic rings. The summed E-state index contributed by atoms with van der Waals surface area (Å²) < 4.78 is 13.9. The van der Waals surface area contributed by atoms with Crippen molar-refractivity contribution >= 4 is 39.0 Å². The molecule has 3 nitrogen and oxygen atoms in total. The first-order valence-corrected chi connectivity index (χ1v) is 6.73. The summed E-state index contributed by atoms with van der Waals surface area (Å²) in [6, 6.07) is 6.32. The second kappa shape index (κ2) is 4.43. The highest BCUT2D eigenvalue weighted by Gasteiger charge is 2.13. The van der Waals surface area contributed by atoms with E-state index in [-0.39, 0.29) is 5.82 Å². The zero-order chi connectivity index (χ0) is 13.6. The molecule has 96 valence electrons. The van der Waals surface area contributed by atoms with Gasteiger partial charge in [-0.05, 0) is 31.2 Å². The molecule has 0 unspecified atom stereocenters. The summed E-state index contributed by atoms with van der Waals surface area (Å²) in [4.78, 5) is 10.4. The Morgan fingerprint density at radius 2 is 2.05 bits per heavy atom. The van der Waals surface area contributed by atoms with Crippen LogP contribution < -0.4 is 5.73 Å². The summed E-state index contributed by atoms with van der Waals surface area (Å²) in [6.45, 7) is 1.97. The Bertz CT molecular complexity index is 785. The molecule has 2 heterocycles. The van der Waals surface area contributed by atoms with Gasteiger partial charge in [0.05, 0.1) is 10.9 Å². The summed E-state index contributed by atoms with van der Waals surface area (Å²) in [7, 11) is 0. The Morgan fingerprint density at radius 1 is 1.26 bits per heavy atom. The van der Waals surface area contributed by atoms with Crippen LogP contribution in [0.25, 0.3) is 21.6 Å². The van der Waals surface area contributed by atoms with Gasteiger partial charge in [0.1, 0.15) is 16.5 Å². The Kier molecular flexibility index (Phi) is 2.88. The SMILES string of the molecule is Cc1cc2c(N)nc(-c3ccc(Cl)cc3F)nc2s1. The van der Waals surface area contributed by atoms with Crippen LogP contribution in [-0.4, -0.2) is 9.97 Å². The predicted molar refractivity (Wildman–Crippen MR) is 77.0 cm³/mol. The minimum absolute atomic E-state index is 0.279. The van der Waals surface area contributed by atoms with Gasteiger partial charge in [0.2, 0.25) is 0 Å². The topological polar surface area (TPSA) is 51.8 Å². The van der Waals surface area contributed by atoms with Crippen molar-refractivity contribution < 1.29 is 4.39 Å². The van der Waals surface area contributed by atoms with E-state index >= 15 is 0 Å². The lowest BCUT2D eigenvalue weighted by Gasteiger charge is -2.04. The van der Waals surface area contributed by atoms with E-state index in [0.717, 1.165) is 15.1 Å². The molecular weight excluding hydrogens is 285 g/mol. The number of anilines is 1. The van der Waals surface area contributed by atoms with Gasteiger partial charge < -0.3 is 5.73 Å². The van der Waals surface area contributed by atoms with Crippen LogP contribution in [0.4, 0.5) is 10.2 Å². The molecule has 3 rings (SSSR count). The molecule has 1 aromatic carbocycles. The average Bonchev–Trinajstić information content (AvgIpc) is 2.70. The average molecular weight is 294 g/mol. The van der Waals surface area contributed by atoms with Crippen LogP contribution in [0.15, 0.2) is 24.3 Å². The molecule has 19 heavy (non-hydrogen) atoms. The largest absolute Gasteiger partial charge is 0.383 e. The highest BCUT2D eigenvalue weighted by Crippen LogP contribution is 2.30. The third-order valence-electron chi connectivity index (χ3n) is 2.72. The number of rotatable bonds is 1. The third kappa shape index (κ3) is 2.15. The van der Waals surface area contributed by atoms with Gasteiger partial charge >= 0.3 is 0 Å². The van der Waals surface area contributed by atoms with Crippen molar-refractivity contribution in [3.8, 4) is 11.4 Å². The first kappa shape index (κ1) is 12.3. The molecule has 3 aromatic rings. The first-order valence-electron chi connectivity index (χ1n) is 5.53. The first-order chi connectivity index (χ1) is 9.04. The number of benzene rings is 1. The maximum Gasteiger partial charge on any atom is 0.166 e. The van der Waals surface area contributed by atoms with Crippen LogP contribution in [0.1, 0.15) is 4.88 Å². The number of aromatic nitrogens is 2. The fourth-order valence-electron chi connectivity index (χ4n) is 1.86. The summed E-state index contributed by atoms with van der Waals surface area (Å²) in [6.07, 6.45) is 0. The van der Waals surface area contributed by atoms with E-state index in [1.165, 1.54) is 17.4 Å². The molecule has 2 aromatic heterocycles. The molecule has 0 aliphatic carbocycles. The predicted octanol–water partition coefficient (Wildman–Crippen LogP) is 4.04. The summed E-state index contributed by atoms with van der Waals surface area (Å²) in [5.41, 5.74) is 6.19. The molecule has 0 saturated carbocycles. The van der Waals surface area contributed by atoms with Crippen molar-refractivity contribution in [2.75, 3.05) is 5.73 Å². The monoisotopic (exact) mass is 293 g/mol. The van der Waals surface area contributed by atoms with Gasteiger partial charge in [0.15, 0.2) is 5.82 Å². The summed E-state index contributed by atoms with van der Waals surface area (Å²) >= 11 is 7.24. The molecule has 2 N–H and O–H groups in total. The second-order valence-corrected chi connectivity index (χ2v) is 5.80. The van der Waals surface area contributed by atoms with Crippen LogP contribution in [-0.2, 0) is 0 Å². The number of aryl methyl sites for hydroxylation is 1. The van der Waals surface area contributed by atoms with Crippen molar-refractivity contribution in [3.05, 3.63) is 40.0 Å². The number of nitrogens with two attached hydrogens (primary N) is 1. The van der Waals surface area contributed by atoms with Gasteiger partial charge in [-0.1, -0.05) is 11.6 Å². The van der Waals surface area contributed by atoms with Crippen LogP contribution in [0.2, 0.25) is 5.02 Å². The van der Waals surface area contributed by atoms with Gasteiger partial charge in [-0.15, -0.1) is 11.3 Å². The summed E-state index contributed by atoms with van der Waals surface area (Å²) in [5, 5.41) is 1.14. The van der Waals surface area contributed by atoms with Gasteiger partial charge in [0.25, 0.3) is 0 Å². The molecule has 0 radical (unpaired) electrons. The maximum absolute atomic E-state index is 13.9. The Labute approximate surface area is 117 Å². The third-order valence-corrected chi connectivity index (χ3v) is 3.90. The molecule has 0 atom stereocenters. The molecule has 0 bridgehead atoms. The number of fused-ring (bicyclic) bond motifs is 1. The summed E-state index contributed by atoms with van der Waals surface area (Å²) in [5.74, 6) is 0.180. The zero-order valence-electron chi connectivity index (χ0n) is 9.95. The zero-order valence-corrected chi connectivity index (χ0v) is 11.5. The highest BCUT2D eigenvalue weighted by atomic mass is 35.5. The number of halogens is 2. The van der Waals surface area contributed by atoms with Crippen molar-refractivity contribution in [1.29, 1.82) is 0 Å². The normalized spacial score (nSPS) is 11.1. The fraction of sp³-hybridized carbons (Fsp3) is 0.0769. The minimum atomic E-state index is -0.459. The maximum atomic E-state index is 13.9. The molecule has 0 fully saturated rings. The van der Waals surface area contributed by atoms with Crippen molar-refractivity contribution in [2.24, 2.45) is 0 Å². The van der Waals surface area contributed by atoms with E-state index in [0.29, 0.717) is 16.4 Å². The lowest BCUT2D eigenvalue weighted by Crippen LogP contribution is -1.97. The molecule has 0 saturated heterocycles. The number of nitrogens with zero attached hydrogens (tertiary/aromatic N) is 2. The van der Waals surface area contributed by atoms with E-state index in [1.807, 2.05) is 13.0 Å². The lowest BCUT2D eigenvalue weighted by molar-refractivity contribution is 0.630. The molecular formula is C13H9ClFN3S. The van der Waals surface area contributed by atoms with Crippen LogP contribution in [0, 0.1) is 12.7 Å². The van der Waals surface area contributed by atoms with E-state index in [4.69, 9.17) is 17.3 Å². The van der Waals surface area contributed by atoms with E-state index in [1.54, 1.807) is 12.1 Å². The number of hydrogen-bond donors (Lipinski definition) is 1. The molecule has 0 amide bonds. The van der Waals surface area contributed by atoms with Crippen LogP contribution in [0.3, 0.4) is 0 Å². The van der Waals surface area contributed by atoms with Crippen molar-refractivity contribution in [2.45, 2.75) is 6.92 Å². The number of thiophene rings is 1. The number of hydrogen-bond acceptors (Lipinski definition) is 4. The highest BCUT2D eigenvalue weighted by molar-refractivity contribution is 7.18. The van der Waals surface area contributed by atoms with Crippen LogP contribution >= 0.6 is 22.9 Å². The Hall–Kier alpha value is -1.72. The lowest BCUT2D eigenvalue weighted by atomic mass is 10.2. The van der Waals surface area contributed by atoms with Gasteiger partial charge in [-0.25, -0.2) is 14.4 Å². The van der Waals surface area contributed by atoms with E-state index < -0.39 is 5.82 Å². The molecule has 6 heteroatoms. The Morgan fingerprint density at radius 3 is 2.79 bits per heavy atom. The van der Waals surface area contributed by atoms with Crippen LogP contribution in [0.5, 0.6) is 0 Å². The van der Waals surface area contributed by atoms with E-state index in [2.05, 4.69) is 9.97 Å². The standard InChI is InChI=1S/C13H9ClFN3S/c1-6-4-9-11(16)17-12(18-13(9)19-6)8-3-2-7(14)5-10(8)15/h2-5H,1H3,(H2,16,17,18). The van der Waals surface area contributed by atoms with Gasteiger partial charge in [-0.2, -0.15) is 0 Å². The van der Waals surface area contributed by atoms with Gasteiger partial charge in [-0.3, -0.25) is 0 Å². The molecule has 0 aliphatic heterocycles. The van der Waals surface area contributed by atoms with Crippen molar-refractivity contribution in [1.82, 2.24) is 9.97 Å². The fourth-order valence-corrected chi connectivity index (χ4v) is 2.90. The quantitative estimate of drug-likeness (QED) is 0.736. The molecule has 0 spiro atoms. The number of nitrogen functional groups attached to an aromatic ring is 1. The Balaban J connectivity index is 2.25. The second-order valence-electron chi connectivity index (χ2n) is 4.13. The minimum Gasteiger partial charge on any atom is -0.383 e. The smallest absolute Gasteiger partial charge is 0.166 e. The van der Waals surface area contributed by atoms with Gasteiger partial charge in [0, 0.05) is 9.90 Å². The van der Waals surface area contributed by atoms with E-state index in [9.17, 15) is 4.39 Å². The van der Waals surface area contributed by atoms with Crippen molar-refractivity contribution in [3.63, 3.8) is 0 Å².